The van der Waals surface area contributed by atoms with Crippen LogP contribution < -0.4 is 10.2 Å². The fraction of sp³-hybridized carbons (Fsp3) is 0.500. The lowest BCUT2D eigenvalue weighted by atomic mass is 9.93. The van der Waals surface area contributed by atoms with Gasteiger partial charge in [0.1, 0.15) is 5.52 Å². The Hall–Kier alpha value is -1.89. The van der Waals surface area contributed by atoms with Crippen LogP contribution in [0.2, 0.25) is 5.02 Å². The van der Waals surface area contributed by atoms with Crippen molar-refractivity contribution in [2.75, 3.05) is 24.5 Å². The number of fused-ring (bicyclic) bond motifs is 1. The number of piperidine rings is 1. The van der Waals surface area contributed by atoms with Gasteiger partial charge >= 0.3 is 0 Å². The first-order chi connectivity index (χ1) is 11.5. The van der Waals surface area contributed by atoms with Crippen molar-refractivity contribution in [1.82, 2.24) is 10.3 Å². The van der Waals surface area contributed by atoms with Crippen molar-refractivity contribution < 1.29 is 18.0 Å². The maximum Gasteiger partial charge on any atom is 0.298 e. The number of alkyl halides is 2. The first kappa shape index (κ1) is 17.0. The predicted molar refractivity (Wildman–Crippen MR) is 87.6 cm³/mol. The lowest BCUT2D eigenvalue weighted by Gasteiger charge is -2.30. The number of aromatic nitrogens is 1. The highest BCUT2D eigenvalue weighted by molar-refractivity contribution is 6.31. The number of oxazole rings is 1. The lowest BCUT2D eigenvalue weighted by Crippen LogP contribution is -2.36. The topological polar surface area (TPSA) is 58.4 Å². The molecule has 1 fully saturated rings. The molecule has 0 spiro atoms. The number of amides is 1. The molecule has 1 aromatic heterocycles. The van der Waals surface area contributed by atoms with Crippen molar-refractivity contribution >= 4 is 34.6 Å². The molecule has 2 heterocycles. The summed E-state index contributed by atoms with van der Waals surface area (Å²) in [5, 5.41) is 2.86. The maximum atomic E-state index is 12.1. The number of nitrogens with zero attached hydrogens (tertiary/aromatic N) is 2. The van der Waals surface area contributed by atoms with Gasteiger partial charge in [0.15, 0.2) is 5.58 Å². The molecule has 0 unspecified atom stereocenters. The van der Waals surface area contributed by atoms with E-state index < -0.39 is 13.0 Å². The molecule has 1 N–H and O–H groups in total. The van der Waals surface area contributed by atoms with Gasteiger partial charge in [-0.1, -0.05) is 11.6 Å². The summed E-state index contributed by atoms with van der Waals surface area (Å²) < 4.78 is 29.9. The van der Waals surface area contributed by atoms with Gasteiger partial charge in [-0.25, -0.2) is 8.78 Å². The summed E-state index contributed by atoms with van der Waals surface area (Å²) in [4.78, 5) is 18.1. The lowest BCUT2D eigenvalue weighted by molar-refractivity contribution is -0.122. The van der Waals surface area contributed by atoms with Crippen LogP contribution in [-0.2, 0) is 4.79 Å². The Balaban J connectivity index is 1.53. The molecule has 0 bridgehead atoms. The highest BCUT2D eigenvalue weighted by Crippen LogP contribution is 2.28. The minimum absolute atomic E-state index is 0.192. The number of benzene rings is 1. The van der Waals surface area contributed by atoms with E-state index in [1.54, 1.807) is 18.2 Å². The number of carbonyl (C=O) groups is 1. The quantitative estimate of drug-likeness (QED) is 0.890. The van der Waals surface area contributed by atoms with Crippen molar-refractivity contribution in [2.24, 2.45) is 5.92 Å². The average molecular weight is 358 g/mol. The summed E-state index contributed by atoms with van der Waals surface area (Å²) in [6, 6.07) is 5.84. The van der Waals surface area contributed by atoms with Gasteiger partial charge in [-0.2, -0.15) is 4.98 Å². The summed E-state index contributed by atoms with van der Waals surface area (Å²) in [5.74, 6) is -0.122. The number of hydrogen-bond acceptors (Lipinski definition) is 4. The molecule has 0 atom stereocenters. The number of rotatable bonds is 5. The molecule has 1 saturated heterocycles. The zero-order valence-electron chi connectivity index (χ0n) is 13.0. The van der Waals surface area contributed by atoms with Gasteiger partial charge in [0.05, 0.1) is 6.54 Å². The van der Waals surface area contributed by atoms with Crippen LogP contribution in [0.3, 0.4) is 0 Å². The Bertz CT molecular complexity index is 714. The van der Waals surface area contributed by atoms with Crippen molar-refractivity contribution in [2.45, 2.75) is 25.7 Å². The average Bonchev–Trinajstić information content (AvgIpc) is 2.96. The molecule has 1 amide bonds. The van der Waals surface area contributed by atoms with Crippen molar-refractivity contribution in [1.29, 1.82) is 0 Å². The van der Waals surface area contributed by atoms with Crippen LogP contribution in [0.15, 0.2) is 22.6 Å². The molecule has 1 aliphatic rings. The van der Waals surface area contributed by atoms with E-state index in [1.165, 1.54) is 0 Å². The van der Waals surface area contributed by atoms with Gasteiger partial charge in [-0.3, -0.25) is 4.79 Å². The summed E-state index contributed by atoms with van der Waals surface area (Å²) in [6.45, 7) is 0.851. The first-order valence-electron chi connectivity index (χ1n) is 7.87. The van der Waals surface area contributed by atoms with Gasteiger partial charge < -0.3 is 14.6 Å². The molecule has 3 rings (SSSR count). The van der Waals surface area contributed by atoms with Crippen LogP contribution in [0.25, 0.3) is 11.1 Å². The molecule has 1 aromatic carbocycles. The summed E-state index contributed by atoms with van der Waals surface area (Å²) >= 11 is 5.95. The largest absolute Gasteiger partial charge is 0.423 e. The fourth-order valence-electron chi connectivity index (χ4n) is 2.88. The molecule has 0 aliphatic carbocycles. The van der Waals surface area contributed by atoms with E-state index in [9.17, 15) is 13.6 Å². The second kappa shape index (κ2) is 7.34. The maximum absolute atomic E-state index is 12.1. The monoisotopic (exact) mass is 357 g/mol. The summed E-state index contributed by atoms with van der Waals surface area (Å²) in [5.41, 5.74) is 1.40. The zero-order chi connectivity index (χ0) is 17.1. The number of carbonyl (C=O) groups excluding carboxylic acids is 1. The minimum atomic E-state index is -2.51. The van der Waals surface area contributed by atoms with Crippen molar-refractivity contribution in [3.05, 3.63) is 23.2 Å². The molecule has 8 heteroatoms. The van der Waals surface area contributed by atoms with Gasteiger partial charge in [0, 0.05) is 24.5 Å². The van der Waals surface area contributed by atoms with Gasteiger partial charge in [0.25, 0.3) is 12.4 Å². The number of hydrogen-bond donors (Lipinski definition) is 1. The fourth-order valence-corrected chi connectivity index (χ4v) is 3.04. The van der Waals surface area contributed by atoms with E-state index in [2.05, 4.69) is 10.3 Å². The number of nitrogens with one attached hydrogen (secondary N) is 1. The Morgan fingerprint density at radius 1 is 1.42 bits per heavy atom. The summed E-state index contributed by atoms with van der Waals surface area (Å²) in [6.07, 6.45) is -0.643. The number of halogens is 3. The van der Waals surface area contributed by atoms with Crippen LogP contribution in [0.1, 0.15) is 19.3 Å². The minimum Gasteiger partial charge on any atom is -0.423 e. The number of anilines is 1. The van der Waals surface area contributed by atoms with E-state index in [-0.39, 0.29) is 18.2 Å². The first-order valence-corrected chi connectivity index (χ1v) is 8.25. The molecule has 2 aromatic rings. The standard InChI is InChI=1S/C16H18ClF2N3O2/c17-11-1-2-13-12(8-11)21-16(24-13)22-5-3-10(4-6-22)7-15(23)20-9-14(18)19/h1-2,8,10,14H,3-7,9H2,(H,20,23). The van der Waals surface area contributed by atoms with E-state index >= 15 is 0 Å². The van der Waals surface area contributed by atoms with Crippen LogP contribution >= 0.6 is 11.6 Å². The molecular formula is C16H18ClF2N3O2. The van der Waals surface area contributed by atoms with Gasteiger partial charge in [-0.05, 0) is 37.0 Å². The molecular weight excluding hydrogens is 340 g/mol. The Morgan fingerprint density at radius 2 is 2.17 bits per heavy atom. The predicted octanol–water partition coefficient (Wildman–Crippen LogP) is 3.47. The Kier molecular flexibility index (Phi) is 5.18. The Labute approximate surface area is 143 Å². The van der Waals surface area contributed by atoms with Crippen molar-refractivity contribution in [3.8, 4) is 0 Å². The zero-order valence-corrected chi connectivity index (χ0v) is 13.7. The van der Waals surface area contributed by atoms with Gasteiger partial charge in [0.2, 0.25) is 5.91 Å². The molecule has 0 radical (unpaired) electrons. The molecule has 1 aliphatic heterocycles. The summed E-state index contributed by atoms with van der Waals surface area (Å²) in [7, 11) is 0. The van der Waals surface area contributed by atoms with Crippen LogP contribution in [0.4, 0.5) is 14.8 Å². The molecule has 24 heavy (non-hydrogen) atoms. The van der Waals surface area contributed by atoms with Gasteiger partial charge in [-0.15, -0.1) is 0 Å². The highest BCUT2D eigenvalue weighted by atomic mass is 35.5. The SMILES string of the molecule is O=C(CC1CCN(c2nc3cc(Cl)ccc3o2)CC1)NCC(F)F. The molecule has 130 valence electrons. The third-order valence-corrected chi connectivity index (χ3v) is 4.39. The van der Waals surface area contributed by atoms with Crippen LogP contribution in [-0.4, -0.2) is 37.0 Å². The molecule has 5 nitrogen and oxygen atoms in total. The van der Waals surface area contributed by atoms with Crippen LogP contribution in [0, 0.1) is 5.92 Å². The second-order valence-corrected chi connectivity index (χ2v) is 6.37. The Morgan fingerprint density at radius 3 is 2.88 bits per heavy atom. The van der Waals surface area contributed by atoms with E-state index in [4.69, 9.17) is 16.0 Å². The molecule has 0 saturated carbocycles. The highest BCUT2D eigenvalue weighted by Gasteiger charge is 2.24. The van der Waals surface area contributed by atoms with Crippen LogP contribution in [0.5, 0.6) is 0 Å². The van der Waals surface area contributed by atoms with E-state index in [0.717, 1.165) is 12.8 Å². The smallest absolute Gasteiger partial charge is 0.298 e. The van der Waals surface area contributed by atoms with E-state index in [1.807, 2.05) is 4.90 Å². The third kappa shape index (κ3) is 4.14. The van der Waals surface area contributed by atoms with Crippen molar-refractivity contribution in [3.63, 3.8) is 0 Å². The van der Waals surface area contributed by atoms with E-state index in [0.29, 0.717) is 35.2 Å². The second-order valence-electron chi connectivity index (χ2n) is 5.94. The third-order valence-electron chi connectivity index (χ3n) is 4.15. The normalized spacial score (nSPS) is 16.1.